The zero-order valence-corrected chi connectivity index (χ0v) is 15.1. The Morgan fingerprint density at radius 2 is 1.42 bits per heavy atom. The van der Waals surface area contributed by atoms with Gasteiger partial charge in [-0.2, -0.15) is 0 Å². The van der Waals surface area contributed by atoms with Crippen LogP contribution in [0.2, 0.25) is 0 Å². The molecule has 1 N–H and O–H groups in total. The molecule has 0 aliphatic carbocycles. The molecule has 0 saturated carbocycles. The lowest BCUT2D eigenvalue weighted by atomic mass is 10.2. The summed E-state index contributed by atoms with van der Waals surface area (Å²) in [6, 6.07) is 4.85. The Hall–Kier alpha value is -1.21. The summed E-state index contributed by atoms with van der Waals surface area (Å²) >= 11 is 0. The number of benzene rings is 1. The molecule has 0 heterocycles. The lowest BCUT2D eigenvalue weighted by molar-refractivity contribution is 0.00735. The summed E-state index contributed by atoms with van der Waals surface area (Å²) in [7, 11) is 0. The predicted molar refractivity (Wildman–Crippen MR) is 92.1 cm³/mol. The Labute approximate surface area is 144 Å². The highest BCUT2D eigenvalue weighted by molar-refractivity contribution is 5.28. The number of aliphatic hydroxyl groups is 1. The third kappa shape index (κ3) is 12.2. The Morgan fingerprint density at radius 1 is 0.875 bits per heavy atom. The molecule has 0 aliphatic heterocycles. The van der Waals surface area contributed by atoms with Crippen molar-refractivity contribution in [1.29, 1.82) is 0 Å². The standard InChI is InChI=1S/C16H25FO5.C2H6/c1-14-3-4-16(15(17)13-14)22-12-11-21-10-9-20-8-7-19-6-2-5-18;1-2/h3-4,13,18H,2,5-12H2,1H3;1-2H3. The minimum Gasteiger partial charge on any atom is -0.488 e. The normalized spacial score (nSPS) is 10.2. The number of hydrogen-bond donors (Lipinski definition) is 1. The monoisotopic (exact) mass is 346 g/mol. The van der Waals surface area contributed by atoms with Crippen molar-refractivity contribution in [2.45, 2.75) is 27.2 Å². The van der Waals surface area contributed by atoms with Gasteiger partial charge in [0.1, 0.15) is 6.61 Å². The van der Waals surface area contributed by atoms with Crippen LogP contribution in [0.1, 0.15) is 25.8 Å². The molecular weight excluding hydrogens is 315 g/mol. The molecule has 1 rings (SSSR count). The maximum Gasteiger partial charge on any atom is 0.165 e. The van der Waals surface area contributed by atoms with E-state index in [1.807, 2.05) is 20.8 Å². The van der Waals surface area contributed by atoms with Gasteiger partial charge in [0.05, 0.1) is 33.0 Å². The van der Waals surface area contributed by atoms with Crippen molar-refractivity contribution in [2.75, 3.05) is 52.9 Å². The first-order valence-corrected chi connectivity index (χ1v) is 8.47. The molecule has 0 aromatic heterocycles. The molecule has 0 radical (unpaired) electrons. The van der Waals surface area contributed by atoms with Gasteiger partial charge in [-0.3, -0.25) is 0 Å². The average molecular weight is 346 g/mol. The van der Waals surface area contributed by atoms with Crippen molar-refractivity contribution < 1.29 is 28.4 Å². The first-order valence-electron chi connectivity index (χ1n) is 8.47. The smallest absolute Gasteiger partial charge is 0.165 e. The van der Waals surface area contributed by atoms with E-state index in [-0.39, 0.29) is 18.2 Å². The minimum absolute atomic E-state index is 0.142. The van der Waals surface area contributed by atoms with Crippen LogP contribution in [0.15, 0.2) is 18.2 Å². The van der Waals surface area contributed by atoms with Crippen LogP contribution in [-0.2, 0) is 14.2 Å². The molecule has 0 bridgehead atoms. The van der Waals surface area contributed by atoms with E-state index in [0.717, 1.165) is 5.56 Å². The molecule has 6 heteroatoms. The third-order valence-electron chi connectivity index (χ3n) is 2.76. The van der Waals surface area contributed by atoms with E-state index < -0.39 is 0 Å². The van der Waals surface area contributed by atoms with Crippen LogP contribution in [0.5, 0.6) is 5.75 Å². The zero-order valence-electron chi connectivity index (χ0n) is 15.1. The Kier molecular flexibility index (Phi) is 15.8. The summed E-state index contributed by atoms with van der Waals surface area (Å²) in [5.74, 6) is -0.116. The maximum absolute atomic E-state index is 13.5. The number of aryl methyl sites for hydroxylation is 1. The highest BCUT2D eigenvalue weighted by atomic mass is 19.1. The molecule has 140 valence electrons. The molecule has 24 heavy (non-hydrogen) atoms. The van der Waals surface area contributed by atoms with Gasteiger partial charge in [-0.15, -0.1) is 0 Å². The van der Waals surface area contributed by atoms with Gasteiger partial charge in [0, 0.05) is 13.2 Å². The van der Waals surface area contributed by atoms with Crippen LogP contribution in [-0.4, -0.2) is 58.0 Å². The van der Waals surface area contributed by atoms with Gasteiger partial charge in [0.25, 0.3) is 0 Å². The lowest BCUT2D eigenvalue weighted by Gasteiger charge is -2.09. The highest BCUT2D eigenvalue weighted by Gasteiger charge is 2.02. The number of rotatable bonds is 13. The van der Waals surface area contributed by atoms with Crippen LogP contribution in [0, 0.1) is 12.7 Å². The van der Waals surface area contributed by atoms with E-state index in [2.05, 4.69) is 0 Å². The second kappa shape index (κ2) is 16.6. The topological polar surface area (TPSA) is 57.2 Å². The SMILES string of the molecule is CC.Cc1ccc(OCCOCCOCCOCCCO)c(F)c1. The largest absolute Gasteiger partial charge is 0.488 e. The van der Waals surface area contributed by atoms with E-state index in [1.54, 1.807) is 12.1 Å². The van der Waals surface area contributed by atoms with Gasteiger partial charge in [-0.1, -0.05) is 19.9 Å². The molecule has 0 spiro atoms. The van der Waals surface area contributed by atoms with Crippen LogP contribution >= 0.6 is 0 Å². The Balaban J connectivity index is 0.00000254. The average Bonchev–Trinajstić information content (AvgIpc) is 2.59. The van der Waals surface area contributed by atoms with Crippen LogP contribution < -0.4 is 4.74 Å². The van der Waals surface area contributed by atoms with Crippen molar-refractivity contribution in [2.24, 2.45) is 0 Å². The first-order chi connectivity index (χ1) is 11.7. The van der Waals surface area contributed by atoms with Crippen LogP contribution in [0.3, 0.4) is 0 Å². The predicted octanol–water partition coefficient (Wildman–Crippen LogP) is 2.97. The second-order valence-electron chi connectivity index (χ2n) is 4.70. The molecule has 0 atom stereocenters. The molecule has 0 unspecified atom stereocenters. The van der Waals surface area contributed by atoms with Crippen LogP contribution in [0.25, 0.3) is 0 Å². The maximum atomic E-state index is 13.5. The van der Waals surface area contributed by atoms with E-state index in [4.69, 9.17) is 24.1 Å². The molecule has 0 aliphatic rings. The second-order valence-corrected chi connectivity index (χ2v) is 4.70. The van der Waals surface area contributed by atoms with Gasteiger partial charge >= 0.3 is 0 Å². The van der Waals surface area contributed by atoms with Crippen molar-refractivity contribution >= 4 is 0 Å². The Bertz CT molecular complexity index is 401. The van der Waals surface area contributed by atoms with Gasteiger partial charge in [-0.05, 0) is 31.0 Å². The number of hydrogen-bond acceptors (Lipinski definition) is 5. The third-order valence-corrected chi connectivity index (χ3v) is 2.76. The Morgan fingerprint density at radius 3 is 1.96 bits per heavy atom. The van der Waals surface area contributed by atoms with Crippen LogP contribution in [0.4, 0.5) is 4.39 Å². The summed E-state index contributed by atoms with van der Waals surface area (Å²) in [6.07, 6.45) is 0.644. The first kappa shape index (κ1) is 22.8. The number of halogens is 1. The van der Waals surface area contributed by atoms with E-state index >= 15 is 0 Å². The lowest BCUT2D eigenvalue weighted by Crippen LogP contribution is -2.13. The summed E-state index contributed by atoms with van der Waals surface area (Å²) in [5, 5.41) is 8.55. The van der Waals surface area contributed by atoms with E-state index in [1.165, 1.54) is 6.07 Å². The molecule has 5 nitrogen and oxygen atoms in total. The number of aliphatic hydroxyl groups excluding tert-OH is 1. The molecular formula is C18H31FO5. The molecule has 0 amide bonds. The van der Waals surface area contributed by atoms with Gasteiger partial charge in [0.15, 0.2) is 11.6 Å². The fourth-order valence-electron chi connectivity index (χ4n) is 1.64. The van der Waals surface area contributed by atoms with E-state index in [0.29, 0.717) is 52.7 Å². The minimum atomic E-state index is -0.357. The quantitative estimate of drug-likeness (QED) is 0.557. The van der Waals surface area contributed by atoms with Gasteiger partial charge in [0.2, 0.25) is 0 Å². The summed E-state index contributed by atoms with van der Waals surface area (Å²) < 4.78 is 34.6. The van der Waals surface area contributed by atoms with Gasteiger partial charge < -0.3 is 24.1 Å². The fraction of sp³-hybridized carbons (Fsp3) is 0.667. The molecule has 1 aromatic carbocycles. The molecule has 0 saturated heterocycles. The van der Waals surface area contributed by atoms with E-state index in [9.17, 15) is 4.39 Å². The zero-order chi connectivity index (χ0) is 18.0. The summed E-state index contributed by atoms with van der Waals surface area (Å²) in [6.45, 7) is 9.13. The van der Waals surface area contributed by atoms with Crippen molar-refractivity contribution in [3.63, 3.8) is 0 Å². The van der Waals surface area contributed by atoms with Crippen molar-refractivity contribution in [1.82, 2.24) is 0 Å². The van der Waals surface area contributed by atoms with Crippen molar-refractivity contribution in [3.05, 3.63) is 29.6 Å². The molecule has 1 aromatic rings. The van der Waals surface area contributed by atoms with Crippen molar-refractivity contribution in [3.8, 4) is 5.75 Å². The fourth-order valence-corrected chi connectivity index (χ4v) is 1.64. The summed E-state index contributed by atoms with van der Waals surface area (Å²) in [4.78, 5) is 0. The molecule has 0 fully saturated rings. The number of ether oxygens (including phenoxy) is 4. The highest BCUT2D eigenvalue weighted by Crippen LogP contribution is 2.17. The van der Waals surface area contributed by atoms with Gasteiger partial charge in [-0.25, -0.2) is 4.39 Å². The summed E-state index contributed by atoms with van der Waals surface area (Å²) in [5.41, 5.74) is 0.860.